The lowest BCUT2D eigenvalue weighted by atomic mass is 10.2. The molecule has 17 heavy (non-hydrogen) atoms. The summed E-state index contributed by atoms with van der Waals surface area (Å²) in [7, 11) is 0. The molecule has 0 unspecified atom stereocenters. The van der Waals surface area contributed by atoms with Gasteiger partial charge >= 0.3 is 0 Å². The SMILES string of the molecule is Cc1cc(NC(=O)c2c(F)cccc2Cl)sn1. The van der Waals surface area contributed by atoms with Gasteiger partial charge in [-0.1, -0.05) is 17.7 Å². The summed E-state index contributed by atoms with van der Waals surface area (Å²) in [5.74, 6) is -1.21. The Morgan fingerprint density at radius 2 is 2.29 bits per heavy atom. The molecule has 0 atom stereocenters. The molecule has 0 radical (unpaired) electrons. The van der Waals surface area contributed by atoms with Crippen LogP contribution in [0.3, 0.4) is 0 Å². The highest BCUT2D eigenvalue weighted by atomic mass is 35.5. The van der Waals surface area contributed by atoms with Crippen molar-refractivity contribution >= 4 is 34.0 Å². The molecule has 1 aromatic carbocycles. The summed E-state index contributed by atoms with van der Waals surface area (Å²) in [5.41, 5.74) is 0.644. The summed E-state index contributed by atoms with van der Waals surface area (Å²) in [6.45, 7) is 1.81. The van der Waals surface area contributed by atoms with Crippen molar-refractivity contribution in [3.8, 4) is 0 Å². The van der Waals surface area contributed by atoms with Crippen molar-refractivity contribution in [1.29, 1.82) is 0 Å². The summed E-state index contributed by atoms with van der Waals surface area (Å²) in [6.07, 6.45) is 0. The monoisotopic (exact) mass is 270 g/mol. The number of hydrogen-bond donors (Lipinski definition) is 1. The van der Waals surface area contributed by atoms with Crippen LogP contribution in [0.4, 0.5) is 9.39 Å². The average molecular weight is 271 g/mol. The van der Waals surface area contributed by atoms with E-state index in [1.807, 2.05) is 6.92 Å². The molecule has 0 aliphatic heterocycles. The number of carbonyl (C=O) groups excluding carboxylic acids is 1. The molecule has 0 aliphatic rings. The fraction of sp³-hybridized carbons (Fsp3) is 0.0909. The molecule has 0 aliphatic carbocycles. The molecule has 1 amide bonds. The van der Waals surface area contributed by atoms with E-state index in [-0.39, 0.29) is 10.6 Å². The molecular formula is C11H8ClFN2OS. The molecular weight excluding hydrogens is 263 g/mol. The number of halogens is 2. The smallest absolute Gasteiger partial charge is 0.260 e. The van der Waals surface area contributed by atoms with Gasteiger partial charge in [-0.3, -0.25) is 4.79 Å². The average Bonchev–Trinajstić information content (AvgIpc) is 2.63. The van der Waals surface area contributed by atoms with Gasteiger partial charge in [-0.05, 0) is 36.7 Å². The number of rotatable bonds is 2. The largest absolute Gasteiger partial charge is 0.312 e. The first-order valence-electron chi connectivity index (χ1n) is 4.76. The minimum absolute atomic E-state index is 0.0868. The Morgan fingerprint density at radius 3 is 2.88 bits per heavy atom. The van der Waals surface area contributed by atoms with E-state index in [4.69, 9.17) is 11.6 Å². The Labute approximate surface area is 106 Å². The number of benzene rings is 1. The molecule has 2 rings (SSSR count). The van der Waals surface area contributed by atoms with E-state index < -0.39 is 11.7 Å². The van der Waals surface area contributed by atoms with Gasteiger partial charge in [-0.2, -0.15) is 4.37 Å². The lowest BCUT2D eigenvalue weighted by Crippen LogP contribution is -2.13. The summed E-state index contributed by atoms with van der Waals surface area (Å²) in [4.78, 5) is 11.8. The lowest BCUT2D eigenvalue weighted by molar-refractivity contribution is 0.102. The topological polar surface area (TPSA) is 42.0 Å². The third kappa shape index (κ3) is 2.62. The number of amides is 1. The highest BCUT2D eigenvalue weighted by Gasteiger charge is 2.16. The van der Waals surface area contributed by atoms with Crippen molar-refractivity contribution in [3.63, 3.8) is 0 Å². The van der Waals surface area contributed by atoms with Crippen LogP contribution in [0, 0.1) is 12.7 Å². The summed E-state index contributed by atoms with van der Waals surface area (Å²) >= 11 is 6.92. The maximum atomic E-state index is 13.5. The van der Waals surface area contributed by atoms with Crippen molar-refractivity contribution in [2.24, 2.45) is 0 Å². The van der Waals surface area contributed by atoms with Crippen LogP contribution in [0.15, 0.2) is 24.3 Å². The van der Waals surface area contributed by atoms with Crippen molar-refractivity contribution in [1.82, 2.24) is 4.37 Å². The standard InChI is InChI=1S/C11H8ClFN2OS/c1-6-5-9(17-15-6)14-11(16)10-7(12)3-2-4-8(10)13/h2-5H,1H3,(H,14,16). The Morgan fingerprint density at radius 1 is 1.53 bits per heavy atom. The zero-order valence-electron chi connectivity index (χ0n) is 8.83. The summed E-state index contributed by atoms with van der Waals surface area (Å²) in [5, 5.41) is 3.20. The second kappa shape index (κ2) is 4.81. The Hall–Kier alpha value is -1.46. The minimum atomic E-state index is -0.642. The third-order valence-corrected chi connectivity index (χ3v) is 3.17. The molecule has 1 heterocycles. The van der Waals surface area contributed by atoms with E-state index in [1.165, 1.54) is 18.2 Å². The number of hydrogen-bond acceptors (Lipinski definition) is 3. The molecule has 1 N–H and O–H groups in total. The van der Waals surface area contributed by atoms with E-state index >= 15 is 0 Å². The van der Waals surface area contributed by atoms with Crippen LogP contribution >= 0.6 is 23.1 Å². The molecule has 1 aromatic heterocycles. The van der Waals surface area contributed by atoms with Crippen LogP contribution in [-0.4, -0.2) is 10.3 Å². The van der Waals surface area contributed by atoms with Gasteiger partial charge in [0.2, 0.25) is 0 Å². The summed E-state index contributed by atoms with van der Waals surface area (Å²) < 4.78 is 17.5. The van der Waals surface area contributed by atoms with E-state index in [0.717, 1.165) is 17.2 Å². The van der Waals surface area contributed by atoms with Gasteiger partial charge < -0.3 is 5.32 Å². The molecule has 0 saturated carbocycles. The Balaban J connectivity index is 2.26. The zero-order valence-corrected chi connectivity index (χ0v) is 10.4. The molecule has 0 fully saturated rings. The van der Waals surface area contributed by atoms with Crippen LogP contribution in [0.25, 0.3) is 0 Å². The number of anilines is 1. The molecule has 88 valence electrons. The van der Waals surface area contributed by atoms with Crippen molar-refractivity contribution in [2.45, 2.75) is 6.92 Å². The van der Waals surface area contributed by atoms with E-state index in [0.29, 0.717) is 5.00 Å². The van der Waals surface area contributed by atoms with Gasteiger partial charge in [-0.15, -0.1) is 0 Å². The quantitative estimate of drug-likeness (QED) is 0.907. The number of aryl methyl sites for hydroxylation is 1. The Bertz CT molecular complexity index is 550. The first kappa shape index (κ1) is 12.0. The predicted octanol–water partition coefficient (Wildman–Crippen LogP) is 3.50. The van der Waals surface area contributed by atoms with Gasteiger partial charge in [-0.25, -0.2) is 4.39 Å². The maximum absolute atomic E-state index is 13.5. The fourth-order valence-corrected chi connectivity index (χ4v) is 2.22. The first-order valence-corrected chi connectivity index (χ1v) is 5.92. The second-order valence-electron chi connectivity index (χ2n) is 3.38. The van der Waals surface area contributed by atoms with E-state index in [9.17, 15) is 9.18 Å². The zero-order chi connectivity index (χ0) is 12.4. The number of nitrogens with zero attached hydrogens (tertiary/aromatic N) is 1. The maximum Gasteiger partial charge on any atom is 0.260 e. The van der Waals surface area contributed by atoms with Gasteiger partial charge in [0.15, 0.2) is 0 Å². The molecule has 3 nitrogen and oxygen atoms in total. The fourth-order valence-electron chi connectivity index (χ4n) is 1.31. The van der Waals surface area contributed by atoms with Crippen LogP contribution in [0.5, 0.6) is 0 Å². The molecule has 2 aromatic rings. The normalized spacial score (nSPS) is 10.3. The predicted molar refractivity (Wildman–Crippen MR) is 66.2 cm³/mol. The number of nitrogens with one attached hydrogen (secondary N) is 1. The van der Waals surface area contributed by atoms with Gasteiger partial charge in [0, 0.05) is 0 Å². The van der Waals surface area contributed by atoms with E-state index in [1.54, 1.807) is 6.07 Å². The van der Waals surface area contributed by atoms with Gasteiger partial charge in [0.25, 0.3) is 5.91 Å². The minimum Gasteiger partial charge on any atom is -0.312 e. The van der Waals surface area contributed by atoms with Crippen LogP contribution in [-0.2, 0) is 0 Å². The third-order valence-electron chi connectivity index (χ3n) is 2.05. The first-order chi connectivity index (χ1) is 8.08. The van der Waals surface area contributed by atoms with Gasteiger partial charge in [0.1, 0.15) is 10.8 Å². The van der Waals surface area contributed by atoms with Crippen LogP contribution in [0.1, 0.15) is 16.1 Å². The summed E-state index contributed by atoms with van der Waals surface area (Å²) in [6, 6.07) is 5.82. The van der Waals surface area contributed by atoms with Crippen molar-refractivity contribution in [3.05, 3.63) is 46.4 Å². The molecule has 0 spiro atoms. The van der Waals surface area contributed by atoms with Crippen LogP contribution < -0.4 is 5.32 Å². The second-order valence-corrected chi connectivity index (χ2v) is 4.60. The number of aromatic nitrogens is 1. The number of carbonyl (C=O) groups is 1. The van der Waals surface area contributed by atoms with Crippen molar-refractivity contribution in [2.75, 3.05) is 5.32 Å². The van der Waals surface area contributed by atoms with Gasteiger partial charge in [0.05, 0.1) is 16.3 Å². The highest BCUT2D eigenvalue weighted by molar-refractivity contribution is 7.10. The molecule has 0 saturated heterocycles. The molecule has 0 bridgehead atoms. The molecule has 6 heteroatoms. The highest BCUT2D eigenvalue weighted by Crippen LogP contribution is 2.22. The van der Waals surface area contributed by atoms with E-state index in [2.05, 4.69) is 9.69 Å². The lowest BCUT2D eigenvalue weighted by Gasteiger charge is -2.05. The van der Waals surface area contributed by atoms with Crippen LogP contribution in [0.2, 0.25) is 5.02 Å². The van der Waals surface area contributed by atoms with Crippen molar-refractivity contribution < 1.29 is 9.18 Å². The Kier molecular flexibility index (Phi) is 3.40.